The molecule has 1 amide bonds. The first-order valence-corrected chi connectivity index (χ1v) is 10.1. The number of fused-ring (bicyclic) bond motifs is 3. The number of ether oxygens (including phenoxy) is 3. The number of carbonyl (C=O) groups is 1. The van der Waals surface area contributed by atoms with Gasteiger partial charge in [-0.25, -0.2) is 0 Å². The van der Waals surface area contributed by atoms with Gasteiger partial charge in [-0.2, -0.15) is 0 Å². The van der Waals surface area contributed by atoms with Gasteiger partial charge in [-0.15, -0.1) is 0 Å². The number of nitrogens with zero attached hydrogens (tertiary/aromatic N) is 1. The molecule has 2 aliphatic rings. The number of para-hydroxylation sites is 1. The van der Waals surface area contributed by atoms with Crippen LogP contribution in [-0.2, 0) is 10.2 Å². The van der Waals surface area contributed by atoms with Crippen LogP contribution in [0, 0.1) is 0 Å². The van der Waals surface area contributed by atoms with E-state index in [1.807, 2.05) is 24.3 Å². The van der Waals surface area contributed by atoms with E-state index in [0.29, 0.717) is 30.2 Å². The van der Waals surface area contributed by atoms with Crippen LogP contribution in [0.2, 0.25) is 0 Å². The Morgan fingerprint density at radius 3 is 2.33 bits per heavy atom. The van der Waals surface area contributed by atoms with E-state index in [1.54, 1.807) is 21.3 Å². The summed E-state index contributed by atoms with van der Waals surface area (Å²) in [5.41, 5.74) is 2.30. The molecule has 0 radical (unpaired) electrons. The van der Waals surface area contributed by atoms with E-state index in [2.05, 4.69) is 48.3 Å². The Labute approximate surface area is 177 Å². The second kappa shape index (κ2) is 7.27. The van der Waals surface area contributed by atoms with Gasteiger partial charge in [0.1, 0.15) is 5.66 Å². The molecule has 0 bridgehead atoms. The maximum absolute atomic E-state index is 12.5. The largest absolute Gasteiger partial charge is 0.493 e. The average molecular weight is 408 g/mol. The van der Waals surface area contributed by atoms with E-state index < -0.39 is 5.66 Å². The van der Waals surface area contributed by atoms with Crippen molar-refractivity contribution in [2.45, 2.75) is 31.3 Å². The lowest BCUT2D eigenvalue weighted by Crippen LogP contribution is -2.68. The Morgan fingerprint density at radius 2 is 1.70 bits per heavy atom. The maximum Gasteiger partial charge on any atom is 0.223 e. The van der Waals surface area contributed by atoms with Gasteiger partial charge >= 0.3 is 0 Å². The van der Waals surface area contributed by atoms with Crippen LogP contribution < -0.4 is 24.4 Å². The summed E-state index contributed by atoms with van der Waals surface area (Å²) in [6.07, 6.45) is 4.58. The first kappa shape index (κ1) is 20.1. The lowest BCUT2D eigenvalue weighted by Gasteiger charge is -2.49. The van der Waals surface area contributed by atoms with E-state index >= 15 is 0 Å². The molecule has 1 N–H and O–H groups in total. The van der Waals surface area contributed by atoms with Gasteiger partial charge in [-0.1, -0.05) is 38.1 Å². The number of rotatable bonds is 5. The molecule has 0 aromatic heterocycles. The lowest BCUT2D eigenvalue weighted by molar-refractivity contribution is -0.124. The zero-order valence-electron chi connectivity index (χ0n) is 18.1. The van der Waals surface area contributed by atoms with Crippen molar-refractivity contribution in [2.75, 3.05) is 32.8 Å². The fraction of sp³-hybridized carbons (Fsp3) is 0.375. The van der Waals surface area contributed by atoms with Crippen molar-refractivity contribution in [1.29, 1.82) is 0 Å². The molecular formula is C24H28N2O4. The molecule has 0 spiro atoms. The van der Waals surface area contributed by atoms with E-state index in [-0.39, 0.29) is 11.3 Å². The average Bonchev–Trinajstić information content (AvgIpc) is 2.95. The van der Waals surface area contributed by atoms with E-state index in [0.717, 1.165) is 11.3 Å². The van der Waals surface area contributed by atoms with Gasteiger partial charge < -0.3 is 24.4 Å². The van der Waals surface area contributed by atoms with Crippen molar-refractivity contribution in [3.8, 4) is 17.2 Å². The molecule has 1 atom stereocenters. The highest BCUT2D eigenvalue weighted by Crippen LogP contribution is 2.52. The Kier molecular flexibility index (Phi) is 4.88. The van der Waals surface area contributed by atoms with Crippen molar-refractivity contribution in [2.24, 2.45) is 0 Å². The zero-order valence-corrected chi connectivity index (χ0v) is 18.1. The molecule has 2 aliphatic heterocycles. The van der Waals surface area contributed by atoms with Gasteiger partial charge in [0, 0.05) is 24.1 Å². The standard InChI is InChI=1S/C24H28N2O4/c1-23(2)17-8-6-7-9-18(17)26-13-11-21(27)25-24(23,26)12-10-16-14-19(28-3)22(30-5)20(15-16)29-4/h6-10,12,14-15H,11,13H2,1-5H3,(H,25,27)/b12-10+/t24-/m0/s1. The minimum Gasteiger partial charge on any atom is -0.493 e. The number of carbonyl (C=O) groups excluding carboxylic acids is 1. The van der Waals surface area contributed by atoms with Crippen LogP contribution in [0.25, 0.3) is 6.08 Å². The van der Waals surface area contributed by atoms with E-state index in [1.165, 1.54) is 5.56 Å². The molecule has 2 aromatic carbocycles. The summed E-state index contributed by atoms with van der Waals surface area (Å²) in [7, 11) is 4.79. The molecule has 2 heterocycles. The Bertz CT molecular complexity index is 989. The third-order valence-corrected chi connectivity index (χ3v) is 6.34. The third-order valence-electron chi connectivity index (χ3n) is 6.34. The second-order valence-electron chi connectivity index (χ2n) is 8.15. The zero-order chi connectivity index (χ0) is 21.5. The van der Waals surface area contributed by atoms with Crippen LogP contribution in [0.5, 0.6) is 17.2 Å². The minimum absolute atomic E-state index is 0.0571. The molecule has 6 nitrogen and oxygen atoms in total. The highest BCUT2D eigenvalue weighted by molar-refractivity contribution is 5.84. The van der Waals surface area contributed by atoms with Gasteiger partial charge in [-0.3, -0.25) is 4.79 Å². The highest BCUT2D eigenvalue weighted by atomic mass is 16.5. The smallest absolute Gasteiger partial charge is 0.223 e. The molecule has 6 heteroatoms. The SMILES string of the molecule is COc1cc(/C=C/[C@]23NC(=O)CCN2c2ccccc2C3(C)C)cc(OC)c1OC. The predicted molar refractivity (Wildman–Crippen MR) is 117 cm³/mol. The Hall–Kier alpha value is -3.15. The first-order valence-electron chi connectivity index (χ1n) is 10.1. The summed E-state index contributed by atoms with van der Waals surface area (Å²) in [6, 6.07) is 12.2. The maximum atomic E-state index is 12.5. The second-order valence-corrected chi connectivity index (χ2v) is 8.15. The number of amides is 1. The summed E-state index contributed by atoms with van der Waals surface area (Å²) >= 11 is 0. The van der Waals surface area contributed by atoms with Crippen LogP contribution in [0.1, 0.15) is 31.4 Å². The molecule has 0 aliphatic carbocycles. The topological polar surface area (TPSA) is 60.0 Å². The molecule has 0 saturated carbocycles. The molecular weight excluding hydrogens is 380 g/mol. The fourth-order valence-corrected chi connectivity index (χ4v) is 4.73. The minimum atomic E-state index is -0.660. The molecule has 2 aromatic rings. The summed E-state index contributed by atoms with van der Waals surface area (Å²) < 4.78 is 16.4. The normalized spacial score (nSPS) is 21.8. The van der Waals surface area contributed by atoms with Crippen molar-refractivity contribution in [3.05, 3.63) is 53.6 Å². The molecule has 4 rings (SSSR count). The third kappa shape index (κ3) is 2.82. The van der Waals surface area contributed by atoms with E-state index in [4.69, 9.17) is 14.2 Å². The summed E-state index contributed by atoms with van der Waals surface area (Å²) in [6.45, 7) is 5.03. The Balaban J connectivity index is 1.82. The highest BCUT2D eigenvalue weighted by Gasteiger charge is 2.57. The number of hydrogen-bond acceptors (Lipinski definition) is 5. The monoisotopic (exact) mass is 408 g/mol. The van der Waals surface area contributed by atoms with Crippen LogP contribution in [-0.4, -0.2) is 39.4 Å². The molecule has 1 fully saturated rings. The van der Waals surface area contributed by atoms with E-state index in [9.17, 15) is 4.79 Å². The quantitative estimate of drug-likeness (QED) is 0.817. The number of nitrogens with one attached hydrogen (secondary N) is 1. The first-order chi connectivity index (χ1) is 14.4. The molecule has 30 heavy (non-hydrogen) atoms. The fourth-order valence-electron chi connectivity index (χ4n) is 4.73. The molecule has 0 unspecified atom stereocenters. The van der Waals surface area contributed by atoms with Crippen molar-refractivity contribution in [3.63, 3.8) is 0 Å². The number of benzene rings is 2. The van der Waals surface area contributed by atoms with Crippen LogP contribution in [0.3, 0.4) is 0 Å². The summed E-state index contributed by atoms with van der Waals surface area (Å²) in [5.74, 6) is 1.79. The van der Waals surface area contributed by atoms with Crippen LogP contribution in [0.15, 0.2) is 42.5 Å². The lowest BCUT2D eigenvalue weighted by atomic mass is 9.74. The number of methoxy groups -OCH3 is 3. The summed E-state index contributed by atoms with van der Waals surface area (Å²) in [5, 5.41) is 3.29. The van der Waals surface area contributed by atoms with Crippen LogP contribution in [0.4, 0.5) is 5.69 Å². The van der Waals surface area contributed by atoms with Gasteiger partial charge in [0.2, 0.25) is 11.7 Å². The molecule has 1 saturated heterocycles. The summed E-state index contributed by atoms with van der Waals surface area (Å²) in [4.78, 5) is 14.8. The van der Waals surface area contributed by atoms with Crippen LogP contribution >= 0.6 is 0 Å². The van der Waals surface area contributed by atoms with Crippen molar-refractivity contribution < 1.29 is 19.0 Å². The van der Waals surface area contributed by atoms with Gasteiger partial charge in [0.15, 0.2) is 11.5 Å². The Morgan fingerprint density at radius 1 is 1.03 bits per heavy atom. The van der Waals surface area contributed by atoms with Gasteiger partial charge in [0.05, 0.1) is 21.3 Å². The molecule has 158 valence electrons. The van der Waals surface area contributed by atoms with Crippen molar-refractivity contribution in [1.82, 2.24) is 5.32 Å². The predicted octanol–water partition coefficient (Wildman–Crippen LogP) is 3.74. The number of hydrogen-bond donors (Lipinski definition) is 1. The van der Waals surface area contributed by atoms with Crippen molar-refractivity contribution >= 4 is 17.7 Å². The van der Waals surface area contributed by atoms with Gasteiger partial charge in [-0.05, 0) is 35.4 Å². The van der Waals surface area contributed by atoms with Gasteiger partial charge in [0.25, 0.3) is 0 Å². The number of anilines is 1.